The summed E-state index contributed by atoms with van der Waals surface area (Å²) in [6.45, 7) is 2.87. The highest BCUT2D eigenvalue weighted by Gasteiger charge is 2.39. The van der Waals surface area contributed by atoms with E-state index < -0.39 is 23.7 Å². The van der Waals surface area contributed by atoms with Crippen molar-refractivity contribution < 1.29 is 29.0 Å². The number of carboxylic acids is 1. The molecule has 1 aromatic rings. The topological polar surface area (TPSA) is 102 Å². The van der Waals surface area contributed by atoms with Crippen LogP contribution in [0.4, 0.5) is 5.69 Å². The number of esters is 2. The first-order valence-electron chi connectivity index (χ1n) is 6.26. The van der Waals surface area contributed by atoms with Gasteiger partial charge in [-0.3, -0.25) is 0 Å². The van der Waals surface area contributed by atoms with Crippen molar-refractivity contribution in [1.82, 2.24) is 0 Å². The minimum Gasteiger partial charge on any atom is -0.478 e. The summed E-state index contributed by atoms with van der Waals surface area (Å²) < 4.78 is 10.2. The van der Waals surface area contributed by atoms with E-state index in [4.69, 9.17) is 26.2 Å². The van der Waals surface area contributed by atoms with Crippen LogP contribution in [0.2, 0.25) is 5.02 Å². The number of aromatic carboxylic acids is 1. The van der Waals surface area contributed by atoms with Gasteiger partial charge < -0.3 is 19.9 Å². The highest BCUT2D eigenvalue weighted by Crippen LogP contribution is 2.33. The van der Waals surface area contributed by atoms with Crippen molar-refractivity contribution in [1.29, 1.82) is 0 Å². The lowest BCUT2D eigenvalue weighted by atomic mass is 10.2. The second-order valence-corrected chi connectivity index (χ2v) is 6.26. The molecule has 2 N–H and O–H groups in total. The molecule has 0 atom stereocenters. The third-order valence-electron chi connectivity index (χ3n) is 2.77. The number of carbonyl (C=O) groups excluding carboxylic acids is 2. The summed E-state index contributed by atoms with van der Waals surface area (Å²) in [6.07, 6.45) is 1.09. The Labute approximate surface area is 144 Å². The van der Waals surface area contributed by atoms with E-state index in [0.717, 1.165) is 6.20 Å². The maximum Gasteiger partial charge on any atom is 0.350 e. The van der Waals surface area contributed by atoms with Crippen LogP contribution in [0.1, 0.15) is 24.2 Å². The van der Waals surface area contributed by atoms with Gasteiger partial charge in [0, 0.05) is 24.5 Å². The van der Waals surface area contributed by atoms with Crippen LogP contribution >= 0.6 is 27.5 Å². The summed E-state index contributed by atoms with van der Waals surface area (Å²) in [7, 11) is 0. The van der Waals surface area contributed by atoms with E-state index in [1.54, 1.807) is 0 Å². The molecule has 0 unspecified atom stereocenters. The predicted molar refractivity (Wildman–Crippen MR) is 84.1 cm³/mol. The fourth-order valence-electron chi connectivity index (χ4n) is 1.76. The average molecular weight is 405 g/mol. The van der Waals surface area contributed by atoms with Crippen molar-refractivity contribution in [3.8, 4) is 0 Å². The average Bonchev–Trinajstić information content (AvgIpc) is 2.38. The van der Waals surface area contributed by atoms with Crippen LogP contribution in [0.5, 0.6) is 0 Å². The maximum absolute atomic E-state index is 11.8. The molecular formula is C14H11BrClNO6. The standard InChI is InChI=1S/C14H11BrClNO6/c1-14(2)22-12(20)7(13(21)23-14)5-17-10-8(15)3-6(11(18)19)4-9(10)16/h3-5,17H,1-2H3,(H,18,19). The Morgan fingerprint density at radius 1 is 1.30 bits per heavy atom. The molecule has 1 aromatic carbocycles. The molecule has 0 saturated carbocycles. The van der Waals surface area contributed by atoms with Crippen molar-refractivity contribution in [2.45, 2.75) is 19.6 Å². The minimum atomic E-state index is -1.33. The second-order valence-electron chi connectivity index (χ2n) is 5.00. The molecule has 1 aliphatic heterocycles. The van der Waals surface area contributed by atoms with Crippen LogP contribution in [0.25, 0.3) is 0 Å². The number of rotatable bonds is 3. The number of anilines is 1. The van der Waals surface area contributed by atoms with Gasteiger partial charge in [0.1, 0.15) is 0 Å². The van der Waals surface area contributed by atoms with E-state index in [1.165, 1.54) is 26.0 Å². The Morgan fingerprint density at radius 2 is 1.87 bits per heavy atom. The Morgan fingerprint density at radius 3 is 2.35 bits per heavy atom. The number of carbonyl (C=O) groups is 3. The molecule has 0 aromatic heterocycles. The molecule has 1 aliphatic rings. The Kier molecular flexibility index (Phi) is 4.67. The molecule has 0 bridgehead atoms. The third-order valence-corrected chi connectivity index (χ3v) is 3.69. The van der Waals surface area contributed by atoms with Gasteiger partial charge >= 0.3 is 17.9 Å². The molecule has 9 heteroatoms. The van der Waals surface area contributed by atoms with Crippen LogP contribution in [0.3, 0.4) is 0 Å². The minimum absolute atomic E-state index is 0.0155. The van der Waals surface area contributed by atoms with Crippen molar-refractivity contribution in [3.05, 3.63) is 39.0 Å². The van der Waals surface area contributed by atoms with Gasteiger partial charge in [-0.1, -0.05) is 11.6 Å². The fraction of sp³-hybridized carbons (Fsp3) is 0.214. The number of halogens is 2. The molecule has 1 saturated heterocycles. The number of nitrogens with one attached hydrogen (secondary N) is 1. The van der Waals surface area contributed by atoms with Crippen LogP contribution in [-0.4, -0.2) is 28.8 Å². The quantitative estimate of drug-likeness (QED) is 0.454. The van der Waals surface area contributed by atoms with Crippen LogP contribution in [-0.2, 0) is 19.1 Å². The van der Waals surface area contributed by atoms with Crippen molar-refractivity contribution >= 4 is 51.1 Å². The van der Waals surface area contributed by atoms with Gasteiger partial charge in [0.2, 0.25) is 0 Å². The van der Waals surface area contributed by atoms with Gasteiger partial charge in [-0.05, 0) is 28.1 Å². The monoisotopic (exact) mass is 403 g/mol. The third kappa shape index (κ3) is 3.83. The number of hydrogen-bond donors (Lipinski definition) is 2. The Bertz CT molecular complexity index is 698. The summed E-state index contributed by atoms with van der Waals surface area (Å²) in [5.74, 6) is -4.15. The van der Waals surface area contributed by atoms with E-state index in [-0.39, 0.29) is 21.8 Å². The van der Waals surface area contributed by atoms with Gasteiger partial charge in [-0.15, -0.1) is 0 Å². The lowest BCUT2D eigenvalue weighted by molar-refractivity contribution is -0.222. The number of benzene rings is 1. The van der Waals surface area contributed by atoms with Gasteiger partial charge in [-0.25, -0.2) is 14.4 Å². The van der Waals surface area contributed by atoms with E-state index >= 15 is 0 Å². The molecule has 0 spiro atoms. The van der Waals surface area contributed by atoms with Crippen LogP contribution in [0.15, 0.2) is 28.4 Å². The normalized spacial score (nSPS) is 16.4. The first-order valence-corrected chi connectivity index (χ1v) is 7.43. The van der Waals surface area contributed by atoms with E-state index in [9.17, 15) is 14.4 Å². The summed E-state index contributed by atoms with van der Waals surface area (Å²) in [5.41, 5.74) is -0.0671. The lowest BCUT2D eigenvalue weighted by Gasteiger charge is -2.29. The van der Waals surface area contributed by atoms with Gasteiger partial charge in [0.15, 0.2) is 5.57 Å². The number of hydrogen-bond acceptors (Lipinski definition) is 6. The maximum atomic E-state index is 11.8. The zero-order chi connectivity index (χ0) is 17.4. The van der Waals surface area contributed by atoms with Gasteiger partial charge in [-0.2, -0.15) is 0 Å². The molecule has 23 heavy (non-hydrogen) atoms. The first-order chi connectivity index (χ1) is 10.6. The van der Waals surface area contributed by atoms with Crippen LogP contribution < -0.4 is 5.32 Å². The molecule has 0 amide bonds. The SMILES string of the molecule is CC1(C)OC(=O)C(=CNc2c(Cl)cc(C(=O)O)cc2Br)C(=O)O1. The lowest BCUT2D eigenvalue weighted by Crippen LogP contribution is -2.42. The number of cyclic esters (lactones) is 2. The van der Waals surface area contributed by atoms with E-state index in [0.29, 0.717) is 4.47 Å². The number of carboxylic acid groups (broad SMARTS) is 1. The molecule has 2 rings (SSSR count). The summed E-state index contributed by atoms with van der Waals surface area (Å²) in [4.78, 5) is 34.5. The zero-order valence-corrected chi connectivity index (χ0v) is 14.3. The van der Waals surface area contributed by atoms with Crippen molar-refractivity contribution in [3.63, 3.8) is 0 Å². The van der Waals surface area contributed by atoms with Crippen molar-refractivity contribution in [2.24, 2.45) is 0 Å². The first kappa shape index (κ1) is 17.3. The summed E-state index contributed by atoms with van der Waals surface area (Å²) in [6, 6.07) is 2.56. The van der Waals surface area contributed by atoms with Crippen LogP contribution in [0, 0.1) is 0 Å². The molecule has 122 valence electrons. The second kappa shape index (κ2) is 6.21. The highest BCUT2D eigenvalue weighted by molar-refractivity contribution is 9.10. The summed E-state index contributed by atoms with van der Waals surface area (Å²) >= 11 is 9.16. The fourth-order valence-corrected chi connectivity index (χ4v) is 2.72. The van der Waals surface area contributed by atoms with Gasteiger partial charge in [0.25, 0.3) is 5.79 Å². The molecule has 7 nitrogen and oxygen atoms in total. The van der Waals surface area contributed by atoms with E-state index in [1.807, 2.05) is 0 Å². The summed E-state index contributed by atoms with van der Waals surface area (Å²) in [5, 5.41) is 11.7. The molecule has 1 fully saturated rings. The molecule has 0 aliphatic carbocycles. The zero-order valence-electron chi connectivity index (χ0n) is 12.0. The Balaban J connectivity index is 2.28. The molecule has 1 heterocycles. The smallest absolute Gasteiger partial charge is 0.350 e. The largest absolute Gasteiger partial charge is 0.478 e. The van der Waals surface area contributed by atoms with Crippen molar-refractivity contribution in [2.75, 3.05) is 5.32 Å². The highest BCUT2D eigenvalue weighted by atomic mass is 79.9. The van der Waals surface area contributed by atoms with Gasteiger partial charge in [0.05, 0.1) is 16.3 Å². The predicted octanol–water partition coefficient (Wildman–Crippen LogP) is 2.93. The Hall–Kier alpha value is -2.06. The molecular weight excluding hydrogens is 394 g/mol. The molecule has 0 radical (unpaired) electrons. The number of ether oxygens (including phenoxy) is 2. The van der Waals surface area contributed by atoms with E-state index in [2.05, 4.69) is 21.2 Å².